The summed E-state index contributed by atoms with van der Waals surface area (Å²) in [4.78, 5) is 29.1. The van der Waals surface area contributed by atoms with Crippen LogP contribution in [0, 0.1) is 0 Å². The monoisotopic (exact) mass is 621 g/mol. The Balaban J connectivity index is 1.84. The van der Waals surface area contributed by atoms with Gasteiger partial charge in [0, 0.05) is 33.0 Å². The number of aromatic nitrogens is 1. The first-order valence-corrected chi connectivity index (χ1v) is 15.1. The van der Waals surface area contributed by atoms with Crippen LogP contribution in [-0.2, 0) is 5.75 Å². The second-order valence-corrected chi connectivity index (χ2v) is 11.9. The van der Waals surface area contributed by atoms with E-state index in [-0.39, 0.29) is 23.6 Å². The van der Waals surface area contributed by atoms with E-state index >= 15 is 0 Å². The van der Waals surface area contributed by atoms with Gasteiger partial charge in [0.2, 0.25) is 5.43 Å². The molecule has 1 N–H and O–H groups in total. The largest absolute Gasteiger partial charge is 0.487 e. The Morgan fingerprint density at radius 2 is 1.88 bits per heavy atom. The van der Waals surface area contributed by atoms with Crippen LogP contribution >= 0.6 is 23.4 Å². The van der Waals surface area contributed by atoms with Gasteiger partial charge in [0.25, 0.3) is 5.91 Å². The van der Waals surface area contributed by atoms with Crippen LogP contribution in [0.2, 0.25) is 5.02 Å². The Kier molecular flexibility index (Phi) is 8.55. The Labute approximate surface area is 250 Å². The second kappa shape index (κ2) is 11.9. The highest BCUT2D eigenvalue weighted by Crippen LogP contribution is 2.46. The molecule has 0 bridgehead atoms. The number of carbonyl (C=O) groups is 1. The predicted octanol–water partition coefficient (Wildman–Crippen LogP) is 6.43. The summed E-state index contributed by atoms with van der Waals surface area (Å²) in [7, 11) is 0. The third-order valence-corrected chi connectivity index (χ3v) is 9.13. The molecule has 224 valence electrons. The number of pyridine rings is 1. The number of amides is 1. The molecule has 1 aromatic heterocycles. The minimum atomic E-state index is -4.74. The minimum Gasteiger partial charge on any atom is -0.487 e. The molecule has 0 spiro atoms. The van der Waals surface area contributed by atoms with Gasteiger partial charge in [0.15, 0.2) is 11.4 Å². The van der Waals surface area contributed by atoms with Crippen molar-refractivity contribution in [3.05, 3.63) is 91.9 Å². The van der Waals surface area contributed by atoms with Gasteiger partial charge in [-0.3, -0.25) is 19.3 Å². The highest BCUT2D eigenvalue weighted by Gasteiger charge is 2.48. The van der Waals surface area contributed by atoms with Crippen LogP contribution in [0.1, 0.15) is 78.5 Å². The van der Waals surface area contributed by atoms with E-state index in [1.54, 1.807) is 22.8 Å². The van der Waals surface area contributed by atoms with E-state index in [4.69, 9.17) is 16.3 Å². The number of nitrogens with zero attached hydrogens (tertiary/aromatic N) is 3. The van der Waals surface area contributed by atoms with Gasteiger partial charge in [-0.25, -0.2) is 0 Å². The Morgan fingerprint density at radius 1 is 1.14 bits per heavy atom. The summed E-state index contributed by atoms with van der Waals surface area (Å²) in [6.45, 7) is 3.85. The second-order valence-electron chi connectivity index (χ2n) is 10.4. The number of hydrogen-bond acceptors (Lipinski definition) is 6. The summed E-state index contributed by atoms with van der Waals surface area (Å²) >= 11 is 8.40. The van der Waals surface area contributed by atoms with Crippen molar-refractivity contribution in [3.8, 4) is 5.75 Å². The number of aliphatic hydroxyl groups excluding tert-OH is 1. The fourth-order valence-electron chi connectivity index (χ4n) is 5.32. The standard InChI is InChI=1S/C30H31ClF3N3O4S/c1-4-5-13-41-28-26-29(40)35(18(3)30(32,33)34)16-37(36(26)14-21(17(2)38)27(28)39)25-20-10-6-7-12-23(20)42-15-19-9-8-11-22(31)24(19)25/h6-12,14,17-18,25,38H,4-5,13,15-16H2,1-3H3/t17?,18?,25-/m1/s1. The van der Waals surface area contributed by atoms with Crippen molar-refractivity contribution in [2.24, 2.45) is 0 Å². The van der Waals surface area contributed by atoms with Crippen molar-refractivity contribution in [1.29, 1.82) is 0 Å². The quantitative estimate of drug-likeness (QED) is 0.307. The summed E-state index contributed by atoms with van der Waals surface area (Å²) in [5.41, 5.74) is 1.24. The van der Waals surface area contributed by atoms with Crippen LogP contribution in [0.15, 0.2) is 58.4 Å². The van der Waals surface area contributed by atoms with E-state index in [0.29, 0.717) is 27.7 Å². The molecule has 5 rings (SSSR count). The van der Waals surface area contributed by atoms with Crippen molar-refractivity contribution in [3.63, 3.8) is 0 Å². The number of alkyl halides is 3. The van der Waals surface area contributed by atoms with Gasteiger partial charge in [-0.2, -0.15) is 13.2 Å². The lowest BCUT2D eigenvalue weighted by atomic mass is 9.94. The van der Waals surface area contributed by atoms with Gasteiger partial charge in [-0.15, -0.1) is 11.8 Å². The van der Waals surface area contributed by atoms with Gasteiger partial charge >= 0.3 is 6.18 Å². The summed E-state index contributed by atoms with van der Waals surface area (Å²) < 4.78 is 49.8. The van der Waals surface area contributed by atoms with Gasteiger partial charge in [-0.05, 0) is 43.5 Å². The lowest BCUT2D eigenvalue weighted by molar-refractivity contribution is -0.173. The molecule has 1 amide bonds. The minimum absolute atomic E-state index is 0.0453. The molecule has 3 atom stereocenters. The molecule has 0 saturated heterocycles. The first-order valence-electron chi connectivity index (χ1n) is 13.7. The summed E-state index contributed by atoms with van der Waals surface area (Å²) in [5, 5.41) is 12.6. The Morgan fingerprint density at radius 3 is 2.57 bits per heavy atom. The van der Waals surface area contributed by atoms with E-state index in [9.17, 15) is 27.9 Å². The van der Waals surface area contributed by atoms with Gasteiger partial charge in [0.05, 0.1) is 12.7 Å². The zero-order chi connectivity index (χ0) is 30.3. The fourth-order valence-corrected chi connectivity index (χ4v) is 6.70. The molecule has 7 nitrogen and oxygen atoms in total. The Bertz CT molecular complexity index is 1560. The first-order chi connectivity index (χ1) is 20.0. The number of aliphatic hydroxyl groups is 1. The smallest absolute Gasteiger partial charge is 0.408 e. The highest BCUT2D eigenvalue weighted by molar-refractivity contribution is 7.98. The zero-order valence-corrected chi connectivity index (χ0v) is 24.9. The molecule has 2 aromatic carbocycles. The number of hydrogen-bond donors (Lipinski definition) is 1. The lowest BCUT2D eigenvalue weighted by Gasteiger charge is -2.46. The number of unbranched alkanes of at least 4 members (excludes halogenated alkanes) is 1. The number of fused-ring (bicyclic) bond motifs is 3. The predicted molar refractivity (Wildman–Crippen MR) is 156 cm³/mol. The third-order valence-electron chi connectivity index (χ3n) is 7.66. The maximum atomic E-state index is 14.2. The van der Waals surface area contributed by atoms with Gasteiger partial charge < -0.3 is 14.7 Å². The van der Waals surface area contributed by atoms with E-state index in [1.165, 1.54) is 17.8 Å². The van der Waals surface area contributed by atoms with Gasteiger partial charge in [0.1, 0.15) is 18.8 Å². The van der Waals surface area contributed by atoms with E-state index in [2.05, 4.69) is 0 Å². The molecule has 0 saturated carbocycles. The Hall–Kier alpha value is -3.15. The number of benzene rings is 2. The number of carbonyl (C=O) groups excluding carboxylic acids is 1. The number of rotatable bonds is 7. The van der Waals surface area contributed by atoms with Crippen molar-refractivity contribution < 1.29 is 27.8 Å². The average Bonchev–Trinajstić information content (AvgIpc) is 3.11. The number of halogens is 4. The molecule has 3 heterocycles. The van der Waals surface area contributed by atoms with E-state index in [1.807, 2.05) is 43.3 Å². The SMILES string of the molecule is CCCCOc1c2n(cc(C(C)O)c1=O)N([C@@H]1c3ccccc3SCc3cccc(Cl)c31)CN(C(C)C(F)(F)F)C2=O. The van der Waals surface area contributed by atoms with Crippen LogP contribution < -0.4 is 15.2 Å². The molecular formula is C30H31ClF3N3O4S. The van der Waals surface area contributed by atoms with E-state index < -0.39 is 42.4 Å². The molecule has 2 aliphatic rings. The van der Waals surface area contributed by atoms with Crippen molar-refractivity contribution in [2.45, 2.75) is 68.6 Å². The summed E-state index contributed by atoms with van der Waals surface area (Å²) in [6, 6.07) is 10.1. The van der Waals surface area contributed by atoms with Crippen LogP contribution in [0.3, 0.4) is 0 Å². The van der Waals surface area contributed by atoms with Gasteiger partial charge in [-0.1, -0.05) is 55.3 Å². The fraction of sp³-hybridized carbons (Fsp3) is 0.400. The maximum absolute atomic E-state index is 14.2. The summed E-state index contributed by atoms with van der Waals surface area (Å²) in [6.07, 6.45) is -3.36. The molecule has 0 aliphatic carbocycles. The highest BCUT2D eigenvalue weighted by atomic mass is 35.5. The summed E-state index contributed by atoms with van der Waals surface area (Å²) in [5.74, 6) is -0.806. The van der Waals surface area contributed by atoms with Crippen LogP contribution in [0.4, 0.5) is 13.2 Å². The van der Waals surface area contributed by atoms with Crippen LogP contribution in [0.5, 0.6) is 5.75 Å². The molecule has 0 radical (unpaired) electrons. The van der Waals surface area contributed by atoms with Crippen molar-refractivity contribution >= 4 is 29.3 Å². The number of ether oxygens (including phenoxy) is 1. The van der Waals surface area contributed by atoms with E-state index in [0.717, 1.165) is 29.4 Å². The van der Waals surface area contributed by atoms with Crippen molar-refractivity contribution in [1.82, 2.24) is 9.58 Å². The molecule has 2 aliphatic heterocycles. The lowest BCUT2D eigenvalue weighted by Crippen LogP contribution is -2.60. The molecule has 3 aromatic rings. The average molecular weight is 622 g/mol. The van der Waals surface area contributed by atoms with Crippen molar-refractivity contribution in [2.75, 3.05) is 18.3 Å². The van der Waals surface area contributed by atoms with Crippen LogP contribution in [0.25, 0.3) is 0 Å². The molecular weight excluding hydrogens is 591 g/mol. The number of thioether (sulfide) groups is 1. The molecule has 2 unspecified atom stereocenters. The molecule has 0 fully saturated rings. The van der Waals surface area contributed by atoms with Crippen LogP contribution in [-0.4, -0.2) is 46.1 Å². The molecule has 42 heavy (non-hydrogen) atoms. The third kappa shape index (κ3) is 5.38. The normalized spacial score (nSPS) is 18.1. The first kappa shape index (κ1) is 30.3. The maximum Gasteiger partial charge on any atom is 0.408 e. The zero-order valence-electron chi connectivity index (χ0n) is 23.3. The topological polar surface area (TPSA) is 75.0 Å². The molecule has 12 heteroatoms.